The van der Waals surface area contributed by atoms with E-state index >= 15 is 0 Å². The van der Waals surface area contributed by atoms with Crippen LogP contribution in [0.4, 0.5) is 0 Å². The standard InChI is InChI=1S/C16H24N2O3/c1-13-12-21-15(14-6-4-3-5-7-14)11-18(13)16(19)10-17-8-9-20-2/h3-7,13,15,17H,8-12H2,1-2H3. The van der Waals surface area contributed by atoms with Crippen molar-refractivity contribution in [2.75, 3.05) is 40.0 Å². The van der Waals surface area contributed by atoms with Gasteiger partial charge in [-0.3, -0.25) is 4.79 Å². The highest BCUT2D eigenvalue weighted by Gasteiger charge is 2.29. The van der Waals surface area contributed by atoms with Gasteiger partial charge in [0.25, 0.3) is 0 Å². The normalized spacial score (nSPS) is 22.3. The molecule has 1 saturated heterocycles. The number of rotatable bonds is 6. The summed E-state index contributed by atoms with van der Waals surface area (Å²) in [7, 11) is 1.65. The molecule has 1 aliphatic heterocycles. The summed E-state index contributed by atoms with van der Waals surface area (Å²) in [6.07, 6.45) is -0.0367. The lowest BCUT2D eigenvalue weighted by molar-refractivity contribution is -0.143. The summed E-state index contributed by atoms with van der Waals surface area (Å²) in [4.78, 5) is 14.2. The lowest BCUT2D eigenvalue weighted by atomic mass is 10.1. The number of nitrogens with one attached hydrogen (secondary N) is 1. The van der Waals surface area contributed by atoms with E-state index in [4.69, 9.17) is 9.47 Å². The first-order chi connectivity index (χ1) is 10.2. The molecule has 2 rings (SSSR count). The fourth-order valence-electron chi connectivity index (χ4n) is 2.44. The van der Waals surface area contributed by atoms with Gasteiger partial charge in [0, 0.05) is 13.7 Å². The van der Waals surface area contributed by atoms with Gasteiger partial charge in [0.2, 0.25) is 5.91 Å². The number of ether oxygens (including phenoxy) is 2. The van der Waals surface area contributed by atoms with E-state index in [2.05, 4.69) is 5.32 Å². The minimum Gasteiger partial charge on any atom is -0.383 e. The monoisotopic (exact) mass is 292 g/mol. The number of morpholine rings is 1. The number of carbonyl (C=O) groups is 1. The minimum atomic E-state index is -0.0367. The molecule has 1 N–H and O–H groups in total. The van der Waals surface area contributed by atoms with E-state index in [1.165, 1.54) is 0 Å². The van der Waals surface area contributed by atoms with Gasteiger partial charge >= 0.3 is 0 Å². The van der Waals surface area contributed by atoms with Gasteiger partial charge < -0.3 is 19.7 Å². The number of hydrogen-bond acceptors (Lipinski definition) is 4. The lowest BCUT2D eigenvalue weighted by Crippen LogP contribution is -2.51. The molecule has 5 nitrogen and oxygen atoms in total. The molecule has 1 aromatic rings. The van der Waals surface area contributed by atoms with Crippen molar-refractivity contribution in [3.63, 3.8) is 0 Å². The van der Waals surface area contributed by atoms with Crippen molar-refractivity contribution in [1.29, 1.82) is 0 Å². The predicted octanol–water partition coefficient (Wildman–Crippen LogP) is 1.21. The zero-order chi connectivity index (χ0) is 15.1. The Hall–Kier alpha value is -1.43. The quantitative estimate of drug-likeness (QED) is 0.801. The van der Waals surface area contributed by atoms with Crippen molar-refractivity contribution in [3.8, 4) is 0 Å². The largest absolute Gasteiger partial charge is 0.383 e. The summed E-state index contributed by atoms with van der Waals surface area (Å²) in [5.74, 6) is 0.114. The molecule has 1 aliphatic rings. The third-order valence-electron chi connectivity index (χ3n) is 3.68. The van der Waals surface area contributed by atoms with Crippen molar-refractivity contribution in [2.24, 2.45) is 0 Å². The maximum atomic E-state index is 12.3. The summed E-state index contributed by atoms with van der Waals surface area (Å²) >= 11 is 0. The van der Waals surface area contributed by atoms with Crippen LogP contribution in [0, 0.1) is 0 Å². The third kappa shape index (κ3) is 4.52. The smallest absolute Gasteiger partial charge is 0.236 e. The van der Waals surface area contributed by atoms with Crippen molar-refractivity contribution < 1.29 is 14.3 Å². The third-order valence-corrected chi connectivity index (χ3v) is 3.68. The van der Waals surface area contributed by atoms with Crippen LogP contribution in [0.25, 0.3) is 0 Å². The van der Waals surface area contributed by atoms with E-state index in [-0.39, 0.29) is 18.1 Å². The molecule has 0 radical (unpaired) electrons. The van der Waals surface area contributed by atoms with Gasteiger partial charge in [0.1, 0.15) is 6.10 Å². The minimum absolute atomic E-state index is 0.0367. The van der Waals surface area contributed by atoms with E-state index in [1.807, 2.05) is 42.2 Å². The topological polar surface area (TPSA) is 50.8 Å². The Bertz CT molecular complexity index is 438. The molecule has 0 aromatic heterocycles. The Morgan fingerprint density at radius 1 is 1.43 bits per heavy atom. The molecule has 1 aromatic carbocycles. The summed E-state index contributed by atoms with van der Waals surface area (Å²) in [6, 6.07) is 10.2. The number of amides is 1. The summed E-state index contributed by atoms with van der Waals surface area (Å²) in [5, 5.41) is 3.10. The van der Waals surface area contributed by atoms with Gasteiger partial charge in [-0.2, -0.15) is 0 Å². The number of benzene rings is 1. The lowest BCUT2D eigenvalue weighted by Gasteiger charge is -2.38. The Morgan fingerprint density at radius 3 is 2.90 bits per heavy atom. The second kappa shape index (κ2) is 8.12. The molecule has 2 unspecified atom stereocenters. The molecular formula is C16H24N2O3. The zero-order valence-corrected chi connectivity index (χ0v) is 12.7. The van der Waals surface area contributed by atoms with E-state index in [0.717, 1.165) is 5.56 Å². The fraction of sp³-hybridized carbons (Fsp3) is 0.562. The number of nitrogens with zero attached hydrogens (tertiary/aromatic N) is 1. The van der Waals surface area contributed by atoms with Crippen LogP contribution < -0.4 is 5.32 Å². The summed E-state index contributed by atoms with van der Waals surface area (Å²) in [6.45, 7) is 4.84. The zero-order valence-electron chi connectivity index (χ0n) is 12.7. The van der Waals surface area contributed by atoms with Crippen LogP contribution >= 0.6 is 0 Å². The average molecular weight is 292 g/mol. The fourth-order valence-corrected chi connectivity index (χ4v) is 2.44. The van der Waals surface area contributed by atoms with Crippen molar-refractivity contribution in [1.82, 2.24) is 10.2 Å². The van der Waals surface area contributed by atoms with Gasteiger partial charge in [0.15, 0.2) is 0 Å². The van der Waals surface area contributed by atoms with Gasteiger partial charge in [-0.15, -0.1) is 0 Å². The predicted molar refractivity (Wildman–Crippen MR) is 81.1 cm³/mol. The average Bonchev–Trinajstić information content (AvgIpc) is 2.52. The van der Waals surface area contributed by atoms with Crippen LogP contribution in [0.2, 0.25) is 0 Å². The second-order valence-electron chi connectivity index (χ2n) is 5.30. The van der Waals surface area contributed by atoms with E-state index < -0.39 is 0 Å². The Labute approximate surface area is 126 Å². The highest BCUT2D eigenvalue weighted by molar-refractivity contribution is 5.78. The van der Waals surface area contributed by atoms with Crippen LogP contribution in [-0.2, 0) is 14.3 Å². The molecular weight excluding hydrogens is 268 g/mol. The number of hydrogen-bond donors (Lipinski definition) is 1. The second-order valence-corrected chi connectivity index (χ2v) is 5.30. The molecule has 0 bridgehead atoms. The van der Waals surface area contributed by atoms with Crippen molar-refractivity contribution in [2.45, 2.75) is 19.1 Å². The van der Waals surface area contributed by atoms with E-state index in [9.17, 15) is 4.79 Å². The first-order valence-electron chi connectivity index (χ1n) is 7.38. The van der Waals surface area contributed by atoms with E-state index in [1.54, 1.807) is 7.11 Å². The highest BCUT2D eigenvalue weighted by atomic mass is 16.5. The Balaban J connectivity index is 1.90. The highest BCUT2D eigenvalue weighted by Crippen LogP contribution is 2.24. The first-order valence-corrected chi connectivity index (χ1v) is 7.38. The molecule has 0 spiro atoms. The van der Waals surface area contributed by atoms with Crippen LogP contribution in [0.15, 0.2) is 30.3 Å². The molecule has 0 aliphatic carbocycles. The maximum Gasteiger partial charge on any atom is 0.236 e. The van der Waals surface area contributed by atoms with Crippen molar-refractivity contribution >= 4 is 5.91 Å². The van der Waals surface area contributed by atoms with Gasteiger partial charge in [-0.05, 0) is 12.5 Å². The van der Waals surface area contributed by atoms with Gasteiger partial charge in [-0.1, -0.05) is 30.3 Å². The molecule has 1 heterocycles. The van der Waals surface area contributed by atoms with Gasteiger partial charge in [0.05, 0.1) is 32.3 Å². The summed E-state index contributed by atoms with van der Waals surface area (Å²) < 4.78 is 10.8. The van der Waals surface area contributed by atoms with Gasteiger partial charge in [-0.25, -0.2) is 0 Å². The molecule has 5 heteroatoms. The van der Waals surface area contributed by atoms with E-state index in [0.29, 0.717) is 32.8 Å². The molecule has 116 valence electrons. The molecule has 1 fully saturated rings. The first kappa shape index (κ1) is 15.9. The Morgan fingerprint density at radius 2 is 2.19 bits per heavy atom. The molecule has 0 saturated carbocycles. The van der Waals surface area contributed by atoms with Crippen LogP contribution in [0.5, 0.6) is 0 Å². The van der Waals surface area contributed by atoms with Crippen LogP contribution in [0.3, 0.4) is 0 Å². The van der Waals surface area contributed by atoms with Crippen LogP contribution in [0.1, 0.15) is 18.6 Å². The number of carbonyl (C=O) groups excluding carboxylic acids is 1. The maximum absolute atomic E-state index is 12.3. The number of methoxy groups -OCH3 is 1. The SMILES string of the molecule is COCCNCC(=O)N1CC(c2ccccc2)OCC1C. The Kier molecular flexibility index (Phi) is 6.17. The molecule has 2 atom stereocenters. The van der Waals surface area contributed by atoms with Crippen molar-refractivity contribution in [3.05, 3.63) is 35.9 Å². The van der Waals surface area contributed by atoms with Crippen LogP contribution in [-0.4, -0.2) is 56.8 Å². The summed E-state index contributed by atoms with van der Waals surface area (Å²) in [5.41, 5.74) is 1.12. The molecule has 21 heavy (non-hydrogen) atoms. The molecule has 1 amide bonds.